The van der Waals surface area contributed by atoms with Crippen LogP contribution in [0.25, 0.3) is 10.9 Å². The molecule has 0 radical (unpaired) electrons. The number of aromatic nitrogens is 1. The van der Waals surface area contributed by atoms with Gasteiger partial charge in [0.05, 0.1) is 12.2 Å². The van der Waals surface area contributed by atoms with Crippen LogP contribution in [0.4, 0.5) is 0 Å². The second-order valence-corrected chi connectivity index (χ2v) is 7.37. The first-order valence-corrected chi connectivity index (χ1v) is 8.92. The highest BCUT2D eigenvalue weighted by Gasteiger charge is 2.41. The largest absolute Gasteiger partial charge is 0.357 e. The van der Waals surface area contributed by atoms with Gasteiger partial charge in [0.15, 0.2) is 0 Å². The van der Waals surface area contributed by atoms with Gasteiger partial charge in [-0.1, -0.05) is 11.6 Å². The zero-order valence-corrected chi connectivity index (χ0v) is 13.4. The maximum Gasteiger partial charge on any atom is 0.0628 e. The van der Waals surface area contributed by atoms with Crippen molar-refractivity contribution in [2.75, 3.05) is 19.6 Å². The Balaban J connectivity index is 1.58. The minimum absolute atomic E-state index is 0.621. The van der Waals surface area contributed by atoms with Gasteiger partial charge in [0.1, 0.15) is 0 Å². The second kappa shape index (κ2) is 4.84. The number of benzene rings is 1. The fraction of sp³-hybridized carbons (Fsp3) is 0.579. The average Bonchev–Trinajstić information content (AvgIpc) is 2.92. The molecule has 3 aliphatic rings. The quantitative estimate of drug-likeness (QED) is 0.802. The Bertz CT molecular complexity index is 717. The first-order chi connectivity index (χ1) is 10.8. The second-order valence-electron chi connectivity index (χ2n) is 7.37. The lowest BCUT2D eigenvalue weighted by molar-refractivity contribution is -0.0599. The zero-order valence-electron chi connectivity index (χ0n) is 13.4. The predicted octanol–water partition coefficient (Wildman–Crippen LogP) is 3.59. The van der Waals surface area contributed by atoms with Gasteiger partial charge in [-0.05, 0) is 63.3 Å². The highest BCUT2D eigenvalue weighted by molar-refractivity contribution is 5.85. The molecule has 0 spiro atoms. The minimum atomic E-state index is 0.621. The van der Waals surface area contributed by atoms with E-state index in [9.17, 15) is 0 Å². The molecule has 0 unspecified atom stereocenters. The van der Waals surface area contributed by atoms with E-state index in [0.717, 1.165) is 0 Å². The molecule has 3 heteroatoms. The van der Waals surface area contributed by atoms with Crippen LogP contribution in [0.15, 0.2) is 18.2 Å². The molecule has 0 bridgehead atoms. The molecule has 0 saturated carbocycles. The molecule has 22 heavy (non-hydrogen) atoms. The molecule has 4 heterocycles. The molecule has 1 aromatic carbocycles. The van der Waals surface area contributed by atoms with Crippen LogP contribution in [0.1, 0.15) is 48.5 Å². The Morgan fingerprint density at radius 3 is 3.00 bits per heavy atom. The van der Waals surface area contributed by atoms with Crippen LogP contribution in [0.3, 0.4) is 0 Å². The molecule has 3 aliphatic heterocycles. The Morgan fingerprint density at radius 2 is 2.05 bits per heavy atom. The van der Waals surface area contributed by atoms with Crippen molar-refractivity contribution in [2.45, 2.75) is 51.2 Å². The van der Waals surface area contributed by atoms with Crippen LogP contribution in [0.2, 0.25) is 0 Å². The van der Waals surface area contributed by atoms with E-state index in [0.29, 0.717) is 12.2 Å². The maximum atomic E-state index is 3.78. The molecule has 0 aliphatic carbocycles. The van der Waals surface area contributed by atoms with Crippen LogP contribution in [0, 0.1) is 6.92 Å². The summed E-state index contributed by atoms with van der Waals surface area (Å²) in [6, 6.07) is 7.49. The number of fused-ring (bicyclic) bond motifs is 7. The lowest BCUT2D eigenvalue weighted by Crippen LogP contribution is -2.58. The number of H-pyrrole nitrogens is 1. The summed E-state index contributed by atoms with van der Waals surface area (Å²) in [5, 5.41) is 1.47. The van der Waals surface area contributed by atoms with Gasteiger partial charge in [0.25, 0.3) is 0 Å². The van der Waals surface area contributed by atoms with E-state index < -0.39 is 0 Å². The fourth-order valence-corrected chi connectivity index (χ4v) is 5.06. The number of hydrogen-bond acceptors (Lipinski definition) is 2. The molecule has 1 N–H and O–H groups in total. The van der Waals surface area contributed by atoms with Crippen LogP contribution < -0.4 is 0 Å². The molecular weight excluding hydrogens is 270 g/mol. The Kier molecular flexibility index (Phi) is 2.89. The number of aryl methyl sites for hydroxylation is 1. The summed E-state index contributed by atoms with van der Waals surface area (Å²) in [4.78, 5) is 9.31. The van der Waals surface area contributed by atoms with Crippen molar-refractivity contribution in [1.29, 1.82) is 0 Å². The molecule has 0 amide bonds. The van der Waals surface area contributed by atoms with Gasteiger partial charge in [-0.15, -0.1) is 0 Å². The monoisotopic (exact) mass is 295 g/mol. The van der Waals surface area contributed by atoms with Gasteiger partial charge in [-0.2, -0.15) is 0 Å². The van der Waals surface area contributed by atoms with E-state index in [1.807, 2.05) is 0 Å². The van der Waals surface area contributed by atoms with Crippen molar-refractivity contribution >= 4 is 10.9 Å². The Labute approximate surface area is 132 Å². The van der Waals surface area contributed by atoms with Crippen molar-refractivity contribution in [3.8, 4) is 0 Å². The third-order valence-corrected chi connectivity index (χ3v) is 6.10. The molecule has 5 rings (SSSR count). The summed E-state index contributed by atoms with van der Waals surface area (Å²) < 4.78 is 0. The van der Waals surface area contributed by atoms with Crippen LogP contribution in [0.5, 0.6) is 0 Å². The van der Waals surface area contributed by atoms with E-state index in [4.69, 9.17) is 0 Å². The molecule has 2 atom stereocenters. The number of hydrogen-bond donors (Lipinski definition) is 1. The number of piperidine rings is 1. The number of rotatable bonds is 0. The number of nitrogens with zero attached hydrogens (tertiary/aromatic N) is 2. The maximum absolute atomic E-state index is 3.78. The summed E-state index contributed by atoms with van der Waals surface area (Å²) >= 11 is 0. The third-order valence-electron chi connectivity index (χ3n) is 6.10. The van der Waals surface area contributed by atoms with E-state index in [-0.39, 0.29) is 0 Å². The highest BCUT2D eigenvalue weighted by Crippen LogP contribution is 2.42. The molecular formula is C19H25N3. The molecule has 2 fully saturated rings. The first kappa shape index (κ1) is 13.1. The number of nitrogens with one attached hydrogen (secondary N) is 1. The summed E-state index contributed by atoms with van der Waals surface area (Å²) in [5.74, 6) is 0. The van der Waals surface area contributed by atoms with Crippen molar-refractivity contribution in [1.82, 2.24) is 14.8 Å². The first-order valence-electron chi connectivity index (χ1n) is 8.92. The third kappa shape index (κ3) is 1.82. The normalized spacial score (nSPS) is 29.1. The Morgan fingerprint density at radius 1 is 1.09 bits per heavy atom. The van der Waals surface area contributed by atoms with Gasteiger partial charge < -0.3 is 4.98 Å². The smallest absolute Gasteiger partial charge is 0.0628 e. The van der Waals surface area contributed by atoms with E-state index in [1.165, 1.54) is 73.9 Å². The van der Waals surface area contributed by atoms with Crippen molar-refractivity contribution < 1.29 is 0 Å². The van der Waals surface area contributed by atoms with E-state index >= 15 is 0 Å². The lowest BCUT2D eigenvalue weighted by atomic mass is 9.90. The van der Waals surface area contributed by atoms with Crippen LogP contribution in [-0.4, -0.2) is 40.6 Å². The van der Waals surface area contributed by atoms with Crippen molar-refractivity contribution in [3.05, 3.63) is 35.0 Å². The van der Waals surface area contributed by atoms with E-state index in [2.05, 4.69) is 39.9 Å². The minimum Gasteiger partial charge on any atom is -0.357 e. The van der Waals surface area contributed by atoms with Crippen LogP contribution in [-0.2, 0) is 6.42 Å². The van der Waals surface area contributed by atoms with E-state index in [1.54, 1.807) is 5.56 Å². The summed E-state index contributed by atoms with van der Waals surface area (Å²) in [7, 11) is 0. The van der Waals surface area contributed by atoms with Crippen molar-refractivity contribution in [3.63, 3.8) is 0 Å². The molecule has 2 aromatic rings. The highest BCUT2D eigenvalue weighted by atomic mass is 15.4. The predicted molar refractivity (Wildman–Crippen MR) is 90.0 cm³/mol. The molecule has 116 valence electrons. The van der Waals surface area contributed by atoms with Crippen LogP contribution >= 0.6 is 0 Å². The van der Waals surface area contributed by atoms with Gasteiger partial charge in [-0.3, -0.25) is 9.80 Å². The molecule has 1 aromatic heterocycles. The van der Waals surface area contributed by atoms with Gasteiger partial charge in [0.2, 0.25) is 0 Å². The van der Waals surface area contributed by atoms with Gasteiger partial charge in [-0.25, -0.2) is 0 Å². The summed E-state index contributed by atoms with van der Waals surface area (Å²) in [6.45, 7) is 6.03. The van der Waals surface area contributed by atoms with Gasteiger partial charge >= 0.3 is 0 Å². The van der Waals surface area contributed by atoms with Gasteiger partial charge in [0, 0.05) is 29.7 Å². The standard InChI is InChI=1S/C19H25N3/c1-13-5-6-16-15(12-13)14-7-11-22-17(19(14)20-16)8-10-21-9-3-2-4-18(21)22/h5-6,12,17-18,20H,2-4,7-11H2,1H3/t17-,18-/m1/s1. The summed E-state index contributed by atoms with van der Waals surface area (Å²) in [5.41, 5.74) is 5.84. The summed E-state index contributed by atoms with van der Waals surface area (Å²) in [6.07, 6.45) is 7.36. The Hall–Kier alpha value is -1.32. The lowest BCUT2D eigenvalue weighted by Gasteiger charge is -2.52. The SMILES string of the molecule is Cc1ccc2[nH]c3c(c2c1)CCN1[C@@H]3CCN2CCCC[C@H]21. The topological polar surface area (TPSA) is 22.3 Å². The molecule has 2 saturated heterocycles. The average molecular weight is 295 g/mol. The number of aromatic amines is 1. The fourth-order valence-electron chi connectivity index (χ4n) is 5.06. The zero-order chi connectivity index (χ0) is 14.7. The molecule has 3 nitrogen and oxygen atoms in total. The van der Waals surface area contributed by atoms with Crippen molar-refractivity contribution in [2.24, 2.45) is 0 Å².